The molecule has 2 aromatic carbocycles. The second-order valence-corrected chi connectivity index (χ2v) is 8.88. The molecule has 0 spiro atoms. The molecule has 5 nitrogen and oxygen atoms in total. The zero-order valence-electron chi connectivity index (χ0n) is 17.0. The molecule has 0 aliphatic rings. The molecule has 2 aromatic rings. The molecule has 0 bridgehead atoms. The van der Waals surface area contributed by atoms with Crippen molar-refractivity contribution >= 4 is 21.6 Å². The Labute approximate surface area is 173 Å². The first kappa shape index (κ1) is 22.9. The maximum absolute atomic E-state index is 13.2. The number of carbonyl (C=O) groups is 1. The van der Waals surface area contributed by atoms with Gasteiger partial charge in [0.15, 0.2) is 0 Å². The number of anilines is 1. The number of halogens is 1. The maximum Gasteiger partial charge on any atom is 0.264 e. The smallest absolute Gasteiger partial charge is 0.264 e. The fourth-order valence-corrected chi connectivity index (χ4v) is 4.45. The van der Waals surface area contributed by atoms with E-state index in [1.807, 2.05) is 0 Å². The van der Waals surface area contributed by atoms with E-state index in [1.165, 1.54) is 12.1 Å². The number of para-hydroxylation sites is 1. The van der Waals surface area contributed by atoms with Crippen LogP contribution in [0.5, 0.6) is 0 Å². The van der Waals surface area contributed by atoms with Gasteiger partial charge < -0.3 is 5.32 Å². The molecule has 0 saturated carbocycles. The van der Waals surface area contributed by atoms with Gasteiger partial charge in [-0.25, -0.2) is 12.8 Å². The molecule has 1 atom stereocenters. The van der Waals surface area contributed by atoms with Crippen molar-refractivity contribution in [1.29, 1.82) is 0 Å². The lowest BCUT2D eigenvalue weighted by molar-refractivity contribution is -0.119. The molecule has 0 radical (unpaired) electrons. The van der Waals surface area contributed by atoms with Crippen LogP contribution in [0.1, 0.15) is 39.5 Å². The third kappa shape index (κ3) is 6.56. The molecule has 2 rings (SSSR count). The van der Waals surface area contributed by atoms with E-state index in [4.69, 9.17) is 0 Å². The van der Waals surface area contributed by atoms with Crippen LogP contribution in [0.2, 0.25) is 0 Å². The summed E-state index contributed by atoms with van der Waals surface area (Å²) in [5.41, 5.74) is 0.380. The van der Waals surface area contributed by atoms with E-state index >= 15 is 0 Å². The number of carbonyl (C=O) groups excluding carboxylic acids is 1. The van der Waals surface area contributed by atoms with Crippen molar-refractivity contribution in [3.8, 4) is 0 Å². The molecule has 0 aliphatic carbocycles. The van der Waals surface area contributed by atoms with Crippen molar-refractivity contribution in [3.63, 3.8) is 0 Å². The van der Waals surface area contributed by atoms with Crippen LogP contribution in [0.15, 0.2) is 59.5 Å². The highest BCUT2D eigenvalue weighted by molar-refractivity contribution is 7.92. The van der Waals surface area contributed by atoms with E-state index in [0.29, 0.717) is 18.2 Å². The van der Waals surface area contributed by atoms with Crippen LogP contribution in [-0.2, 0) is 14.8 Å². The topological polar surface area (TPSA) is 66.5 Å². The lowest BCUT2D eigenvalue weighted by Crippen LogP contribution is -2.42. The van der Waals surface area contributed by atoms with Crippen LogP contribution in [-0.4, -0.2) is 27.4 Å². The number of hydrogen-bond acceptors (Lipinski definition) is 3. The summed E-state index contributed by atoms with van der Waals surface area (Å²) in [6.45, 7) is 4.40. The monoisotopic (exact) mass is 420 g/mol. The van der Waals surface area contributed by atoms with E-state index in [-0.39, 0.29) is 17.3 Å². The Morgan fingerprint density at radius 2 is 1.72 bits per heavy atom. The van der Waals surface area contributed by atoms with Crippen LogP contribution in [0.3, 0.4) is 0 Å². The second kappa shape index (κ2) is 11.0. The summed E-state index contributed by atoms with van der Waals surface area (Å²) in [6, 6.07) is 13.0. The van der Waals surface area contributed by atoms with Gasteiger partial charge in [-0.05, 0) is 48.7 Å². The third-order valence-electron chi connectivity index (χ3n) is 4.86. The molecule has 1 N–H and O–H groups in total. The van der Waals surface area contributed by atoms with Gasteiger partial charge in [0, 0.05) is 6.54 Å². The number of hydrogen-bond donors (Lipinski definition) is 1. The van der Waals surface area contributed by atoms with E-state index in [1.54, 1.807) is 30.3 Å². The van der Waals surface area contributed by atoms with E-state index < -0.39 is 15.8 Å². The summed E-state index contributed by atoms with van der Waals surface area (Å²) >= 11 is 0. The van der Waals surface area contributed by atoms with Gasteiger partial charge in [-0.3, -0.25) is 9.10 Å². The van der Waals surface area contributed by atoms with Crippen molar-refractivity contribution in [1.82, 2.24) is 5.32 Å². The SMILES string of the molecule is CCCCC(CC)CNC(=O)CN(c1ccccc1)S(=O)(=O)c1ccc(F)cc1. The van der Waals surface area contributed by atoms with Crippen LogP contribution in [0.25, 0.3) is 0 Å². The Morgan fingerprint density at radius 1 is 1.07 bits per heavy atom. The number of sulfonamides is 1. The molecule has 1 amide bonds. The van der Waals surface area contributed by atoms with Gasteiger partial charge >= 0.3 is 0 Å². The first-order valence-electron chi connectivity index (χ1n) is 9.98. The Hall–Kier alpha value is -2.41. The molecule has 0 fully saturated rings. The minimum Gasteiger partial charge on any atom is -0.354 e. The van der Waals surface area contributed by atoms with Crippen molar-refractivity contribution < 1.29 is 17.6 Å². The van der Waals surface area contributed by atoms with E-state index in [2.05, 4.69) is 19.2 Å². The normalized spacial score (nSPS) is 12.4. The predicted octanol–water partition coefficient (Wildman–Crippen LogP) is 4.35. The Balaban J connectivity index is 2.19. The summed E-state index contributed by atoms with van der Waals surface area (Å²) < 4.78 is 40.6. The Morgan fingerprint density at radius 3 is 2.31 bits per heavy atom. The van der Waals surface area contributed by atoms with Gasteiger partial charge in [-0.2, -0.15) is 0 Å². The van der Waals surface area contributed by atoms with Crippen molar-refractivity contribution in [2.24, 2.45) is 5.92 Å². The second-order valence-electron chi connectivity index (χ2n) is 7.02. The minimum atomic E-state index is -4.02. The third-order valence-corrected chi connectivity index (χ3v) is 6.65. The van der Waals surface area contributed by atoms with E-state index in [9.17, 15) is 17.6 Å². The van der Waals surface area contributed by atoms with E-state index in [0.717, 1.165) is 42.1 Å². The fourth-order valence-electron chi connectivity index (χ4n) is 3.03. The molecular weight excluding hydrogens is 391 g/mol. The highest BCUT2D eigenvalue weighted by Gasteiger charge is 2.27. The number of unbranched alkanes of at least 4 members (excludes halogenated alkanes) is 1. The molecular formula is C22H29FN2O3S. The van der Waals surface area contributed by atoms with Gasteiger partial charge in [-0.1, -0.05) is 51.3 Å². The summed E-state index contributed by atoms with van der Waals surface area (Å²) in [4.78, 5) is 12.5. The maximum atomic E-state index is 13.2. The minimum absolute atomic E-state index is 0.0649. The molecule has 0 aliphatic heterocycles. The zero-order valence-corrected chi connectivity index (χ0v) is 17.8. The van der Waals surface area contributed by atoms with Crippen LogP contribution >= 0.6 is 0 Å². The average molecular weight is 421 g/mol. The fraction of sp³-hybridized carbons (Fsp3) is 0.409. The molecule has 7 heteroatoms. The van der Waals surface area contributed by atoms with Gasteiger partial charge in [-0.15, -0.1) is 0 Å². The number of rotatable bonds is 11. The van der Waals surface area contributed by atoms with Crippen molar-refractivity contribution in [3.05, 3.63) is 60.4 Å². The summed E-state index contributed by atoms with van der Waals surface area (Å²) in [7, 11) is -4.02. The summed E-state index contributed by atoms with van der Waals surface area (Å²) in [5, 5.41) is 2.87. The largest absolute Gasteiger partial charge is 0.354 e. The van der Waals surface area contributed by atoms with Gasteiger partial charge in [0.25, 0.3) is 10.0 Å². The summed E-state index contributed by atoms with van der Waals surface area (Å²) in [5.74, 6) is -0.516. The highest BCUT2D eigenvalue weighted by Crippen LogP contribution is 2.23. The highest BCUT2D eigenvalue weighted by atomic mass is 32.2. The number of benzene rings is 2. The lowest BCUT2D eigenvalue weighted by Gasteiger charge is -2.24. The molecule has 0 heterocycles. The van der Waals surface area contributed by atoms with Crippen molar-refractivity contribution in [2.75, 3.05) is 17.4 Å². The molecule has 29 heavy (non-hydrogen) atoms. The Bertz CT molecular complexity index is 871. The van der Waals surface area contributed by atoms with Gasteiger partial charge in [0.1, 0.15) is 12.4 Å². The molecule has 0 aromatic heterocycles. The van der Waals surface area contributed by atoms with Gasteiger partial charge in [0.2, 0.25) is 5.91 Å². The number of nitrogens with zero attached hydrogens (tertiary/aromatic N) is 1. The van der Waals surface area contributed by atoms with Crippen LogP contribution in [0, 0.1) is 11.7 Å². The Kier molecular flexibility index (Phi) is 8.64. The van der Waals surface area contributed by atoms with Crippen molar-refractivity contribution in [2.45, 2.75) is 44.4 Å². The van der Waals surface area contributed by atoms with Gasteiger partial charge in [0.05, 0.1) is 10.6 Å². The standard InChI is InChI=1S/C22H29FN2O3S/c1-3-5-9-18(4-2)16-24-22(26)17-25(20-10-7-6-8-11-20)29(27,28)21-14-12-19(23)13-15-21/h6-8,10-15,18H,3-5,9,16-17H2,1-2H3,(H,24,26). The molecule has 1 unspecified atom stereocenters. The first-order valence-corrected chi connectivity index (χ1v) is 11.4. The molecule has 0 saturated heterocycles. The predicted molar refractivity (Wildman–Crippen MR) is 114 cm³/mol. The molecule has 158 valence electrons. The number of nitrogens with one attached hydrogen (secondary N) is 1. The average Bonchev–Trinajstić information content (AvgIpc) is 2.73. The quantitative estimate of drug-likeness (QED) is 0.588. The van der Waals surface area contributed by atoms with Crippen LogP contribution < -0.4 is 9.62 Å². The summed E-state index contributed by atoms with van der Waals surface area (Å²) in [6.07, 6.45) is 4.19. The lowest BCUT2D eigenvalue weighted by atomic mass is 9.99. The van der Waals surface area contributed by atoms with Crippen LogP contribution in [0.4, 0.5) is 10.1 Å². The first-order chi connectivity index (χ1) is 13.9. The zero-order chi connectivity index (χ0) is 21.3. The number of amides is 1.